The third-order valence-corrected chi connectivity index (χ3v) is 4.25. The second-order valence-corrected chi connectivity index (χ2v) is 6.06. The summed E-state index contributed by atoms with van der Waals surface area (Å²) < 4.78 is 1.50. The molecule has 1 aliphatic rings. The summed E-state index contributed by atoms with van der Waals surface area (Å²) in [6, 6.07) is 5.80. The first kappa shape index (κ1) is 16.9. The minimum Gasteiger partial charge on any atom is -0.358 e. The molecule has 2 amide bonds. The number of likely N-dealkylation sites (N-methyl/N-ethyl adjacent to an activating group) is 1. The molecule has 2 aromatic rings. The zero-order valence-electron chi connectivity index (χ0n) is 14.2. The Hall–Kier alpha value is -2.90. The summed E-state index contributed by atoms with van der Waals surface area (Å²) in [6.45, 7) is 1.68. The molecule has 0 radical (unpaired) electrons. The number of hydrogen-bond acceptors (Lipinski definition) is 5. The highest BCUT2D eigenvalue weighted by atomic mass is 16.2. The van der Waals surface area contributed by atoms with Crippen LogP contribution in [0.15, 0.2) is 36.8 Å². The van der Waals surface area contributed by atoms with E-state index in [2.05, 4.69) is 25.6 Å². The zero-order chi connectivity index (χ0) is 17.6. The molecule has 8 heteroatoms. The van der Waals surface area contributed by atoms with E-state index in [-0.39, 0.29) is 24.3 Å². The Kier molecular flexibility index (Phi) is 5.27. The fourth-order valence-electron chi connectivity index (χ4n) is 2.93. The van der Waals surface area contributed by atoms with Crippen LogP contribution in [0, 0.1) is 5.92 Å². The lowest BCUT2D eigenvalue weighted by atomic mass is 9.97. The standard InChI is InChI=1S/C17H22N6O2/c1-18-16(24)12-23-11-14(9-20-23)21-17(25)13-5-4-8-22(10-13)15-6-2-3-7-19-15/h2-3,6-7,9,11,13H,4-5,8,10,12H2,1H3,(H,18,24)(H,21,25). The summed E-state index contributed by atoms with van der Waals surface area (Å²) >= 11 is 0. The van der Waals surface area contributed by atoms with E-state index in [1.807, 2.05) is 18.2 Å². The van der Waals surface area contributed by atoms with Crippen molar-refractivity contribution >= 4 is 23.3 Å². The van der Waals surface area contributed by atoms with Crippen molar-refractivity contribution < 1.29 is 9.59 Å². The molecule has 0 aromatic carbocycles. The highest BCUT2D eigenvalue weighted by molar-refractivity contribution is 5.92. The maximum atomic E-state index is 12.6. The van der Waals surface area contributed by atoms with Gasteiger partial charge >= 0.3 is 0 Å². The van der Waals surface area contributed by atoms with Gasteiger partial charge in [-0.2, -0.15) is 5.10 Å². The molecule has 25 heavy (non-hydrogen) atoms. The van der Waals surface area contributed by atoms with Crippen molar-refractivity contribution in [2.24, 2.45) is 5.92 Å². The molecule has 0 bridgehead atoms. The smallest absolute Gasteiger partial charge is 0.241 e. The van der Waals surface area contributed by atoms with Gasteiger partial charge in [-0.3, -0.25) is 14.3 Å². The normalized spacial score (nSPS) is 17.2. The van der Waals surface area contributed by atoms with Gasteiger partial charge in [-0.15, -0.1) is 0 Å². The number of nitrogens with zero attached hydrogens (tertiary/aromatic N) is 4. The number of carbonyl (C=O) groups is 2. The van der Waals surface area contributed by atoms with E-state index in [1.54, 1.807) is 25.6 Å². The van der Waals surface area contributed by atoms with Gasteiger partial charge in [0.05, 0.1) is 17.8 Å². The van der Waals surface area contributed by atoms with E-state index in [1.165, 1.54) is 4.68 Å². The van der Waals surface area contributed by atoms with Crippen molar-refractivity contribution in [3.05, 3.63) is 36.8 Å². The predicted octanol–water partition coefficient (Wildman–Crippen LogP) is 0.879. The Morgan fingerprint density at radius 2 is 2.24 bits per heavy atom. The zero-order valence-corrected chi connectivity index (χ0v) is 14.2. The van der Waals surface area contributed by atoms with Crippen molar-refractivity contribution in [3.8, 4) is 0 Å². The maximum absolute atomic E-state index is 12.6. The SMILES string of the molecule is CNC(=O)Cn1cc(NC(=O)C2CCCN(c3ccccn3)C2)cn1. The van der Waals surface area contributed by atoms with Crippen LogP contribution in [0.2, 0.25) is 0 Å². The maximum Gasteiger partial charge on any atom is 0.241 e. The molecule has 8 nitrogen and oxygen atoms in total. The summed E-state index contributed by atoms with van der Waals surface area (Å²) in [5.74, 6) is 0.635. The van der Waals surface area contributed by atoms with Gasteiger partial charge in [0.15, 0.2) is 0 Å². The van der Waals surface area contributed by atoms with Crippen LogP contribution >= 0.6 is 0 Å². The number of anilines is 2. The van der Waals surface area contributed by atoms with E-state index in [0.29, 0.717) is 12.2 Å². The highest BCUT2D eigenvalue weighted by Crippen LogP contribution is 2.22. The second kappa shape index (κ2) is 7.78. The van der Waals surface area contributed by atoms with Gasteiger partial charge in [-0.1, -0.05) is 6.07 Å². The summed E-state index contributed by atoms with van der Waals surface area (Å²) in [6.07, 6.45) is 6.78. The minimum absolute atomic E-state index is 0.0277. The van der Waals surface area contributed by atoms with Gasteiger partial charge in [0.2, 0.25) is 11.8 Å². The number of aromatic nitrogens is 3. The van der Waals surface area contributed by atoms with Gasteiger partial charge < -0.3 is 15.5 Å². The first-order valence-corrected chi connectivity index (χ1v) is 8.35. The van der Waals surface area contributed by atoms with Crippen LogP contribution in [0.4, 0.5) is 11.5 Å². The fourth-order valence-corrected chi connectivity index (χ4v) is 2.93. The third kappa shape index (κ3) is 4.34. The largest absolute Gasteiger partial charge is 0.358 e. The Bertz CT molecular complexity index is 730. The third-order valence-electron chi connectivity index (χ3n) is 4.25. The van der Waals surface area contributed by atoms with Crippen LogP contribution in [0.25, 0.3) is 0 Å². The Balaban J connectivity index is 1.58. The number of rotatable bonds is 5. The molecule has 1 unspecified atom stereocenters. The first-order valence-electron chi connectivity index (χ1n) is 8.35. The van der Waals surface area contributed by atoms with Crippen LogP contribution in [0.1, 0.15) is 12.8 Å². The second-order valence-electron chi connectivity index (χ2n) is 6.06. The molecule has 0 saturated carbocycles. The van der Waals surface area contributed by atoms with Gasteiger partial charge in [0.25, 0.3) is 0 Å². The molecule has 1 aliphatic heterocycles. The summed E-state index contributed by atoms with van der Waals surface area (Å²) in [5, 5.41) is 9.52. The van der Waals surface area contributed by atoms with Crippen LogP contribution in [0.3, 0.4) is 0 Å². The molecule has 1 saturated heterocycles. The summed E-state index contributed by atoms with van der Waals surface area (Å²) in [5.41, 5.74) is 0.601. The van der Waals surface area contributed by atoms with E-state index in [4.69, 9.17) is 0 Å². The fraction of sp³-hybridized carbons (Fsp3) is 0.412. The molecular formula is C17H22N6O2. The molecule has 0 spiro atoms. The van der Waals surface area contributed by atoms with Crippen molar-refractivity contribution in [3.63, 3.8) is 0 Å². The van der Waals surface area contributed by atoms with Crippen LogP contribution in [0.5, 0.6) is 0 Å². The molecule has 0 aliphatic carbocycles. The van der Waals surface area contributed by atoms with Crippen molar-refractivity contribution in [1.82, 2.24) is 20.1 Å². The molecule has 2 N–H and O–H groups in total. The first-order chi connectivity index (χ1) is 12.2. The van der Waals surface area contributed by atoms with Crippen LogP contribution < -0.4 is 15.5 Å². The topological polar surface area (TPSA) is 92.2 Å². The minimum atomic E-state index is -0.140. The summed E-state index contributed by atoms with van der Waals surface area (Å²) in [7, 11) is 1.57. The Labute approximate surface area is 146 Å². The van der Waals surface area contributed by atoms with E-state index < -0.39 is 0 Å². The molecular weight excluding hydrogens is 320 g/mol. The van der Waals surface area contributed by atoms with Crippen molar-refractivity contribution in [2.75, 3.05) is 30.4 Å². The summed E-state index contributed by atoms with van der Waals surface area (Å²) in [4.78, 5) is 30.4. The predicted molar refractivity (Wildman–Crippen MR) is 94.1 cm³/mol. The molecule has 2 aromatic heterocycles. The Morgan fingerprint density at radius 3 is 3.00 bits per heavy atom. The molecule has 1 atom stereocenters. The molecule has 132 valence electrons. The molecule has 3 rings (SSSR count). The quantitative estimate of drug-likeness (QED) is 0.841. The Morgan fingerprint density at radius 1 is 1.36 bits per heavy atom. The molecule has 3 heterocycles. The number of carbonyl (C=O) groups excluding carboxylic acids is 2. The lowest BCUT2D eigenvalue weighted by Gasteiger charge is -2.32. The van der Waals surface area contributed by atoms with Gasteiger partial charge in [-0.25, -0.2) is 4.98 Å². The molecule has 1 fully saturated rings. The monoisotopic (exact) mass is 342 g/mol. The van der Waals surface area contributed by atoms with E-state index in [9.17, 15) is 9.59 Å². The number of nitrogens with one attached hydrogen (secondary N) is 2. The lowest BCUT2D eigenvalue weighted by Crippen LogP contribution is -2.41. The van der Waals surface area contributed by atoms with Crippen LogP contribution in [-0.4, -0.2) is 46.7 Å². The van der Waals surface area contributed by atoms with Gasteiger partial charge in [-0.05, 0) is 25.0 Å². The van der Waals surface area contributed by atoms with Crippen LogP contribution in [-0.2, 0) is 16.1 Å². The average Bonchev–Trinajstić information content (AvgIpc) is 3.09. The van der Waals surface area contributed by atoms with E-state index >= 15 is 0 Å². The number of amides is 2. The number of piperidine rings is 1. The average molecular weight is 342 g/mol. The number of pyridine rings is 1. The van der Waals surface area contributed by atoms with Gasteiger partial charge in [0, 0.05) is 32.5 Å². The van der Waals surface area contributed by atoms with E-state index in [0.717, 1.165) is 25.2 Å². The lowest BCUT2D eigenvalue weighted by molar-refractivity contribution is -0.121. The number of hydrogen-bond donors (Lipinski definition) is 2. The highest BCUT2D eigenvalue weighted by Gasteiger charge is 2.26. The van der Waals surface area contributed by atoms with Gasteiger partial charge in [0.1, 0.15) is 12.4 Å². The van der Waals surface area contributed by atoms with Crippen molar-refractivity contribution in [1.29, 1.82) is 0 Å². The van der Waals surface area contributed by atoms with Crippen molar-refractivity contribution in [2.45, 2.75) is 19.4 Å².